The molecule has 7 nitrogen and oxygen atoms in total. The van der Waals surface area contributed by atoms with Crippen molar-refractivity contribution in [2.75, 3.05) is 5.32 Å². The van der Waals surface area contributed by atoms with Gasteiger partial charge in [0.05, 0.1) is 10.6 Å². The van der Waals surface area contributed by atoms with Crippen molar-refractivity contribution in [1.29, 1.82) is 0 Å². The van der Waals surface area contributed by atoms with Gasteiger partial charge in [-0.25, -0.2) is 4.79 Å². The number of aromatic carboxylic acids is 1. The first kappa shape index (κ1) is 13.7. The van der Waals surface area contributed by atoms with Crippen LogP contribution in [0.3, 0.4) is 0 Å². The Balaban J connectivity index is 2.17. The standard InChI is InChI=1S/C12H8N2O5S/c15-11(7-1-3-8(4-2-7)14(18)19)13-9-5-6-20-10(9)12(16)17/h1-6H,(H,13,15)(H,16,17). The molecule has 0 unspecified atom stereocenters. The van der Waals surface area contributed by atoms with Gasteiger partial charge in [-0.2, -0.15) is 0 Å². The van der Waals surface area contributed by atoms with Gasteiger partial charge in [0.1, 0.15) is 4.88 Å². The molecule has 0 atom stereocenters. The molecule has 102 valence electrons. The first-order valence-corrected chi connectivity index (χ1v) is 6.23. The van der Waals surface area contributed by atoms with Gasteiger partial charge in [0, 0.05) is 17.7 Å². The van der Waals surface area contributed by atoms with Crippen LogP contribution in [0.25, 0.3) is 0 Å². The van der Waals surface area contributed by atoms with Crippen LogP contribution in [-0.2, 0) is 0 Å². The van der Waals surface area contributed by atoms with Crippen molar-refractivity contribution in [1.82, 2.24) is 0 Å². The van der Waals surface area contributed by atoms with Gasteiger partial charge < -0.3 is 10.4 Å². The number of nitrogens with zero attached hydrogens (tertiary/aromatic N) is 1. The number of hydrogen-bond donors (Lipinski definition) is 2. The summed E-state index contributed by atoms with van der Waals surface area (Å²) in [7, 11) is 0. The van der Waals surface area contributed by atoms with Crippen LogP contribution in [0.2, 0.25) is 0 Å². The highest BCUT2D eigenvalue weighted by Gasteiger charge is 2.15. The summed E-state index contributed by atoms with van der Waals surface area (Å²) in [6, 6.07) is 6.51. The van der Waals surface area contributed by atoms with Crippen LogP contribution in [0.1, 0.15) is 20.0 Å². The molecule has 0 aliphatic rings. The molecule has 2 N–H and O–H groups in total. The topological polar surface area (TPSA) is 110 Å². The number of nitro groups is 1. The molecule has 1 aromatic carbocycles. The van der Waals surface area contributed by atoms with E-state index < -0.39 is 16.8 Å². The lowest BCUT2D eigenvalue weighted by molar-refractivity contribution is -0.384. The largest absolute Gasteiger partial charge is 0.477 e. The second-order valence-electron chi connectivity index (χ2n) is 3.73. The summed E-state index contributed by atoms with van der Waals surface area (Å²) in [5, 5.41) is 23.4. The predicted octanol–water partition coefficient (Wildman–Crippen LogP) is 2.61. The third-order valence-electron chi connectivity index (χ3n) is 2.45. The number of carbonyl (C=O) groups excluding carboxylic acids is 1. The molecule has 2 aromatic rings. The maximum absolute atomic E-state index is 11.9. The van der Waals surface area contributed by atoms with E-state index in [4.69, 9.17) is 5.11 Å². The van der Waals surface area contributed by atoms with Crippen molar-refractivity contribution in [3.8, 4) is 0 Å². The number of rotatable bonds is 4. The Labute approximate surface area is 116 Å². The molecular weight excluding hydrogens is 284 g/mol. The molecule has 0 aliphatic heterocycles. The Bertz CT molecular complexity index is 677. The highest BCUT2D eigenvalue weighted by molar-refractivity contribution is 7.12. The number of thiophene rings is 1. The quantitative estimate of drug-likeness (QED) is 0.665. The molecule has 0 spiro atoms. The maximum Gasteiger partial charge on any atom is 0.348 e. The average Bonchev–Trinajstić information content (AvgIpc) is 2.87. The minimum atomic E-state index is -1.13. The highest BCUT2D eigenvalue weighted by Crippen LogP contribution is 2.23. The third-order valence-corrected chi connectivity index (χ3v) is 3.35. The van der Waals surface area contributed by atoms with Crippen LogP contribution in [0.5, 0.6) is 0 Å². The zero-order chi connectivity index (χ0) is 14.7. The van der Waals surface area contributed by atoms with Gasteiger partial charge in [-0.3, -0.25) is 14.9 Å². The smallest absolute Gasteiger partial charge is 0.348 e. The Morgan fingerprint density at radius 2 is 1.85 bits per heavy atom. The average molecular weight is 292 g/mol. The van der Waals surface area contributed by atoms with Crippen molar-refractivity contribution in [3.63, 3.8) is 0 Å². The zero-order valence-electron chi connectivity index (χ0n) is 9.90. The Morgan fingerprint density at radius 1 is 1.20 bits per heavy atom. The summed E-state index contributed by atoms with van der Waals surface area (Å²) in [5.41, 5.74) is 0.285. The molecule has 0 radical (unpaired) electrons. The molecule has 1 aromatic heterocycles. The molecule has 0 saturated carbocycles. The first-order chi connectivity index (χ1) is 9.49. The van der Waals surface area contributed by atoms with Crippen LogP contribution in [0, 0.1) is 10.1 Å². The van der Waals surface area contributed by atoms with Gasteiger partial charge in [0.2, 0.25) is 0 Å². The third kappa shape index (κ3) is 2.81. The Kier molecular flexibility index (Phi) is 3.76. The summed E-state index contributed by atoms with van der Waals surface area (Å²) >= 11 is 0.998. The second kappa shape index (κ2) is 5.49. The minimum Gasteiger partial charge on any atom is -0.477 e. The van der Waals surface area contributed by atoms with E-state index in [9.17, 15) is 19.7 Å². The van der Waals surface area contributed by atoms with E-state index in [1.54, 1.807) is 5.38 Å². The molecular formula is C12H8N2O5S. The van der Waals surface area contributed by atoms with E-state index in [0.717, 1.165) is 11.3 Å². The summed E-state index contributed by atoms with van der Waals surface area (Å²) < 4.78 is 0. The van der Waals surface area contributed by atoms with Crippen LogP contribution in [0.15, 0.2) is 35.7 Å². The van der Waals surface area contributed by atoms with Crippen molar-refractivity contribution in [2.45, 2.75) is 0 Å². The Hall–Kier alpha value is -2.74. The van der Waals surface area contributed by atoms with Gasteiger partial charge in [0.15, 0.2) is 0 Å². The van der Waals surface area contributed by atoms with E-state index in [1.807, 2.05) is 0 Å². The molecule has 8 heteroatoms. The van der Waals surface area contributed by atoms with E-state index in [2.05, 4.69) is 5.32 Å². The van der Waals surface area contributed by atoms with Crippen molar-refractivity contribution in [2.24, 2.45) is 0 Å². The van der Waals surface area contributed by atoms with Crippen LogP contribution >= 0.6 is 11.3 Å². The number of benzene rings is 1. The molecule has 2 rings (SSSR count). The SMILES string of the molecule is O=C(Nc1ccsc1C(=O)O)c1ccc([N+](=O)[O-])cc1. The molecule has 0 fully saturated rings. The molecule has 1 amide bonds. The number of nitro benzene ring substituents is 1. The minimum absolute atomic E-state index is 0.0280. The normalized spacial score (nSPS) is 10.0. The molecule has 0 saturated heterocycles. The number of amides is 1. The molecule has 1 heterocycles. The van der Waals surface area contributed by atoms with Gasteiger partial charge in [-0.15, -0.1) is 11.3 Å². The van der Waals surface area contributed by atoms with E-state index >= 15 is 0 Å². The lowest BCUT2D eigenvalue weighted by Crippen LogP contribution is -2.13. The summed E-state index contributed by atoms with van der Waals surface area (Å²) in [6.07, 6.45) is 0. The van der Waals surface area contributed by atoms with Crippen LogP contribution in [0.4, 0.5) is 11.4 Å². The maximum atomic E-state index is 11.9. The Morgan fingerprint density at radius 3 is 2.40 bits per heavy atom. The monoisotopic (exact) mass is 292 g/mol. The summed E-state index contributed by atoms with van der Waals surface area (Å²) in [5.74, 6) is -1.65. The summed E-state index contributed by atoms with van der Waals surface area (Å²) in [4.78, 5) is 32.8. The number of anilines is 1. The first-order valence-electron chi connectivity index (χ1n) is 5.35. The summed E-state index contributed by atoms with van der Waals surface area (Å²) in [6.45, 7) is 0. The van der Waals surface area contributed by atoms with E-state index in [-0.39, 0.29) is 21.8 Å². The van der Waals surface area contributed by atoms with Crippen molar-refractivity contribution in [3.05, 3.63) is 56.3 Å². The lowest BCUT2D eigenvalue weighted by atomic mass is 10.2. The lowest BCUT2D eigenvalue weighted by Gasteiger charge is -2.04. The molecule has 0 aliphatic carbocycles. The molecule has 20 heavy (non-hydrogen) atoms. The fourth-order valence-corrected chi connectivity index (χ4v) is 2.19. The molecule has 0 bridgehead atoms. The number of carboxylic acid groups (broad SMARTS) is 1. The van der Waals surface area contributed by atoms with E-state index in [0.29, 0.717) is 0 Å². The van der Waals surface area contributed by atoms with Gasteiger partial charge in [0.25, 0.3) is 11.6 Å². The fraction of sp³-hybridized carbons (Fsp3) is 0. The van der Waals surface area contributed by atoms with Crippen LogP contribution in [-0.4, -0.2) is 21.9 Å². The number of carbonyl (C=O) groups is 2. The van der Waals surface area contributed by atoms with Crippen LogP contribution < -0.4 is 5.32 Å². The number of non-ortho nitro benzene ring substituents is 1. The van der Waals surface area contributed by atoms with Gasteiger partial charge in [-0.05, 0) is 23.6 Å². The van der Waals surface area contributed by atoms with Crippen molar-refractivity contribution >= 4 is 34.6 Å². The second-order valence-corrected chi connectivity index (χ2v) is 4.64. The van der Waals surface area contributed by atoms with Gasteiger partial charge >= 0.3 is 5.97 Å². The zero-order valence-corrected chi connectivity index (χ0v) is 10.7. The van der Waals surface area contributed by atoms with Gasteiger partial charge in [-0.1, -0.05) is 0 Å². The number of nitrogens with one attached hydrogen (secondary N) is 1. The van der Waals surface area contributed by atoms with Crippen molar-refractivity contribution < 1.29 is 19.6 Å². The number of hydrogen-bond acceptors (Lipinski definition) is 5. The highest BCUT2D eigenvalue weighted by atomic mass is 32.1. The predicted molar refractivity (Wildman–Crippen MR) is 72.3 cm³/mol. The van der Waals surface area contributed by atoms with E-state index in [1.165, 1.54) is 30.3 Å². The fourth-order valence-electron chi connectivity index (χ4n) is 1.50. The number of carboxylic acids is 1.